The molecule has 1 rings (SSSR count). The summed E-state index contributed by atoms with van der Waals surface area (Å²) >= 11 is 0. The first-order valence-electron chi connectivity index (χ1n) is 4.85. The number of aromatic nitrogens is 2. The molecular weight excluding hydrogens is 280 g/mol. The van der Waals surface area contributed by atoms with E-state index >= 15 is 0 Å². The highest BCUT2D eigenvalue weighted by Crippen LogP contribution is 2.11. The van der Waals surface area contributed by atoms with E-state index in [-0.39, 0.29) is 11.0 Å². The molecule has 0 unspecified atom stereocenters. The lowest BCUT2D eigenvalue weighted by molar-refractivity contribution is 0.586. The van der Waals surface area contributed by atoms with Crippen molar-refractivity contribution in [1.29, 1.82) is 0 Å². The molecular formula is C8H14N4O4S2. The van der Waals surface area contributed by atoms with Gasteiger partial charge < -0.3 is 4.90 Å². The van der Waals surface area contributed by atoms with Crippen molar-refractivity contribution in [1.82, 2.24) is 9.97 Å². The van der Waals surface area contributed by atoms with E-state index in [9.17, 15) is 16.8 Å². The third-order valence-corrected chi connectivity index (χ3v) is 4.61. The highest BCUT2D eigenvalue weighted by Gasteiger charge is 2.20. The van der Waals surface area contributed by atoms with E-state index in [0.717, 1.165) is 0 Å². The fourth-order valence-electron chi connectivity index (χ4n) is 1.05. The molecule has 0 aliphatic heterocycles. The largest absolute Gasteiger partial charge is 0.347 e. The van der Waals surface area contributed by atoms with Crippen LogP contribution in [0.1, 0.15) is 0 Å². The second-order valence-electron chi connectivity index (χ2n) is 3.78. The second-order valence-corrected chi connectivity index (χ2v) is 7.57. The summed E-state index contributed by atoms with van der Waals surface area (Å²) in [6, 6.07) is 1.21. The molecule has 8 nitrogen and oxygen atoms in total. The van der Waals surface area contributed by atoms with Crippen molar-refractivity contribution in [2.45, 2.75) is 5.03 Å². The minimum atomic E-state index is -3.82. The van der Waals surface area contributed by atoms with Gasteiger partial charge in [-0.15, -0.1) is 0 Å². The fourth-order valence-corrected chi connectivity index (χ4v) is 3.56. The summed E-state index contributed by atoms with van der Waals surface area (Å²) < 4.78 is 45.2. The van der Waals surface area contributed by atoms with Crippen molar-refractivity contribution in [3.63, 3.8) is 0 Å². The third-order valence-electron chi connectivity index (χ3n) is 1.97. The molecule has 0 amide bonds. The number of hydrogen-bond donors (Lipinski definition) is 1. The first-order chi connectivity index (χ1) is 8.12. The number of sulfonamides is 1. The smallest absolute Gasteiger partial charge is 0.225 e. The van der Waals surface area contributed by atoms with Crippen LogP contribution >= 0.6 is 0 Å². The van der Waals surface area contributed by atoms with Crippen LogP contribution in [0, 0.1) is 0 Å². The van der Waals surface area contributed by atoms with E-state index in [4.69, 9.17) is 5.14 Å². The van der Waals surface area contributed by atoms with Gasteiger partial charge in [-0.1, -0.05) is 0 Å². The van der Waals surface area contributed by atoms with Gasteiger partial charge in [-0.2, -0.15) is 0 Å². The zero-order valence-electron chi connectivity index (χ0n) is 9.94. The van der Waals surface area contributed by atoms with Crippen LogP contribution in [0.3, 0.4) is 0 Å². The lowest BCUT2D eigenvalue weighted by atomic mass is 10.6. The minimum Gasteiger partial charge on any atom is -0.347 e. The zero-order valence-corrected chi connectivity index (χ0v) is 11.6. The molecule has 0 aliphatic carbocycles. The van der Waals surface area contributed by atoms with Crippen molar-refractivity contribution in [3.8, 4) is 0 Å². The Balaban J connectivity index is 3.02. The summed E-state index contributed by atoms with van der Waals surface area (Å²) in [7, 11) is -4.29. The van der Waals surface area contributed by atoms with Crippen LogP contribution < -0.4 is 10.0 Å². The maximum absolute atomic E-state index is 11.8. The topological polar surface area (TPSA) is 123 Å². The summed E-state index contributed by atoms with van der Waals surface area (Å²) in [5.41, 5.74) is 0. The van der Waals surface area contributed by atoms with E-state index in [1.54, 1.807) is 19.0 Å². The normalized spacial score (nSPS) is 12.4. The summed E-state index contributed by atoms with van der Waals surface area (Å²) in [6.07, 6.45) is 1.30. The molecule has 0 atom stereocenters. The van der Waals surface area contributed by atoms with Gasteiger partial charge in [0.1, 0.15) is 0 Å². The number of nitrogens with two attached hydrogens (primary N) is 1. The van der Waals surface area contributed by atoms with Crippen LogP contribution in [0.25, 0.3) is 0 Å². The van der Waals surface area contributed by atoms with E-state index in [1.807, 2.05) is 0 Å². The van der Waals surface area contributed by atoms with Gasteiger partial charge in [-0.25, -0.2) is 31.9 Å². The van der Waals surface area contributed by atoms with E-state index in [2.05, 4.69) is 9.97 Å². The number of sulfone groups is 1. The number of hydrogen-bond acceptors (Lipinski definition) is 7. The molecule has 0 saturated carbocycles. The van der Waals surface area contributed by atoms with Crippen LogP contribution in [-0.4, -0.2) is 52.4 Å². The van der Waals surface area contributed by atoms with Crippen LogP contribution in [0.5, 0.6) is 0 Å². The Kier molecular flexibility index (Phi) is 4.24. The highest BCUT2D eigenvalue weighted by molar-refractivity contribution is 7.94. The molecule has 1 aromatic heterocycles. The maximum Gasteiger partial charge on any atom is 0.225 e. The molecule has 0 bridgehead atoms. The molecule has 102 valence electrons. The van der Waals surface area contributed by atoms with E-state index < -0.39 is 31.4 Å². The van der Waals surface area contributed by atoms with Gasteiger partial charge in [0.25, 0.3) is 0 Å². The quantitative estimate of drug-likeness (QED) is 0.663. The van der Waals surface area contributed by atoms with Crippen molar-refractivity contribution in [3.05, 3.63) is 12.3 Å². The Morgan fingerprint density at radius 1 is 1.22 bits per heavy atom. The molecule has 18 heavy (non-hydrogen) atoms. The van der Waals surface area contributed by atoms with Crippen LogP contribution in [0.4, 0.5) is 5.95 Å². The van der Waals surface area contributed by atoms with Gasteiger partial charge in [0.2, 0.25) is 16.0 Å². The standard InChI is InChI=1S/C8H14N4O4S2/c1-12(2)8-10-4-3-7(11-8)17(13,14)5-6-18(9,15)16/h3-4H,5-6H2,1-2H3,(H2,9,15,16). The SMILES string of the molecule is CN(C)c1nccc(S(=O)(=O)CCS(N)(=O)=O)n1. The van der Waals surface area contributed by atoms with Gasteiger partial charge in [0.15, 0.2) is 14.9 Å². The lowest BCUT2D eigenvalue weighted by Gasteiger charge is -2.10. The Morgan fingerprint density at radius 3 is 2.33 bits per heavy atom. The van der Waals surface area contributed by atoms with Crippen LogP contribution in [0.2, 0.25) is 0 Å². The average molecular weight is 294 g/mol. The molecule has 0 radical (unpaired) electrons. The average Bonchev–Trinajstić information content (AvgIpc) is 2.26. The first-order valence-corrected chi connectivity index (χ1v) is 8.22. The Labute approximate surface area is 106 Å². The highest BCUT2D eigenvalue weighted by atomic mass is 32.2. The second kappa shape index (κ2) is 5.16. The lowest BCUT2D eigenvalue weighted by Crippen LogP contribution is -2.24. The van der Waals surface area contributed by atoms with Crippen LogP contribution in [0.15, 0.2) is 17.3 Å². The Bertz CT molecular complexity index is 624. The van der Waals surface area contributed by atoms with Gasteiger partial charge in [-0.05, 0) is 6.07 Å². The molecule has 0 aromatic carbocycles. The minimum absolute atomic E-state index is 0.218. The molecule has 0 fully saturated rings. The van der Waals surface area contributed by atoms with Crippen molar-refractivity contribution < 1.29 is 16.8 Å². The van der Waals surface area contributed by atoms with E-state index in [0.29, 0.717) is 0 Å². The summed E-state index contributed by atoms with van der Waals surface area (Å²) in [5.74, 6) is -1.02. The first kappa shape index (κ1) is 14.8. The fraction of sp³-hybridized carbons (Fsp3) is 0.500. The predicted octanol–water partition coefficient (Wildman–Crippen LogP) is -1.40. The van der Waals surface area contributed by atoms with Gasteiger partial charge in [-0.3, -0.25) is 0 Å². The number of primary sulfonamides is 1. The van der Waals surface area contributed by atoms with Gasteiger partial charge in [0, 0.05) is 20.3 Å². The molecule has 0 spiro atoms. The number of rotatable bonds is 5. The van der Waals surface area contributed by atoms with E-state index in [1.165, 1.54) is 12.3 Å². The van der Waals surface area contributed by atoms with Crippen molar-refractivity contribution in [2.24, 2.45) is 5.14 Å². The summed E-state index contributed by atoms with van der Waals surface area (Å²) in [5, 5.41) is 4.55. The number of nitrogens with zero attached hydrogens (tertiary/aromatic N) is 3. The maximum atomic E-state index is 11.8. The molecule has 1 aromatic rings. The van der Waals surface area contributed by atoms with Gasteiger partial charge >= 0.3 is 0 Å². The molecule has 2 N–H and O–H groups in total. The van der Waals surface area contributed by atoms with Crippen molar-refractivity contribution >= 4 is 25.8 Å². The Morgan fingerprint density at radius 2 is 1.83 bits per heavy atom. The monoisotopic (exact) mass is 294 g/mol. The van der Waals surface area contributed by atoms with Crippen LogP contribution in [-0.2, 0) is 19.9 Å². The summed E-state index contributed by atoms with van der Waals surface area (Å²) in [6.45, 7) is 0. The zero-order chi connectivity index (χ0) is 14.0. The predicted molar refractivity (Wildman–Crippen MR) is 66.4 cm³/mol. The molecule has 0 aliphatic rings. The molecule has 0 saturated heterocycles. The molecule has 10 heteroatoms. The Hall–Kier alpha value is -1.26. The summed E-state index contributed by atoms with van der Waals surface area (Å²) in [4.78, 5) is 9.24. The van der Waals surface area contributed by atoms with Crippen molar-refractivity contribution in [2.75, 3.05) is 30.5 Å². The number of anilines is 1. The molecule has 1 heterocycles. The third kappa shape index (κ3) is 4.20. The van der Waals surface area contributed by atoms with Gasteiger partial charge in [0.05, 0.1) is 11.5 Å².